The van der Waals surface area contributed by atoms with Gasteiger partial charge in [-0.2, -0.15) is 9.97 Å². The first-order valence-corrected chi connectivity index (χ1v) is 13.4. The summed E-state index contributed by atoms with van der Waals surface area (Å²) in [4.78, 5) is 33.1. The second-order valence-corrected chi connectivity index (χ2v) is 9.81. The molecule has 9 nitrogen and oxygen atoms in total. The smallest absolute Gasteiger partial charge is 0.315 e. The van der Waals surface area contributed by atoms with Gasteiger partial charge in [-0.15, -0.1) is 0 Å². The Labute approximate surface area is 222 Å². The molecule has 2 unspecified atom stereocenters. The highest BCUT2D eigenvalue weighted by molar-refractivity contribution is 6.06. The monoisotopic (exact) mass is 515 g/mol. The number of esters is 1. The lowest BCUT2D eigenvalue weighted by molar-refractivity contribution is -0.146. The van der Waals surface area contributed by atoms with Gasteiger partial charge in [0.1, 0.15) is 11.7 Å². The molecule has 0 N–H and O–H groups in total. The molecule has 2 fully saturated rings. The van der Waals surface area contributed by atoms with Crippen LogP contribution in [0.25, 0.3) is 10.8 Å². The summed E-state index contributed by atoms with van der Waals surface area (Å²) in [6, 6.07) is 14.6. The number of carbonyl (C=O) groups is 1. The molecule has 3 aromatic rings. The topological polar surface area (TPSA) is 89.4 Å². The first-order chi connectivity index (χ1) is 18.7. The molecule has 3 aliphatic heterocycles. The van der Waals surface area contributed by atoms with Crippen LogP contribution in [0.5, 0.6) is 0 Å². The molecule has 0 spiro atoms. The molecular weight excluding hydrogens is 482 g/mol. The number of aromatic nitrogens is 2. The maximum Gasteiger partial charge on any atom is 0.315 e. The van der Waals surface area contributed by atoms with Crippen LogP contribution in [0.15, 0.2) is 47.5 Å². The number of anilines is 2. The number of aliphatic imine (C=N–C) groups is 1. The van der Waals surface area contributed by atoms with Crippen molar-refractivity contribution in [3.8, 4) is 0 Å². The van der Waals surface area contributed by atoms with Crippen LogP contribution in [0, 0.1) is 5.92 Å². The summed E-state index contributed by atoms with van der Waals surface area (Å²) in [5.41, 5.74) is 2.63. The van der Waals surface area contributed by atoms with E-state index in [9.17, 15) is 4.79 Å². The van der Waals surface area contributed by atoms with Crippen molar-refractivity contribution in [2.24, 2.45) is 10.9 Å². The van der Waals surface area contributed by atoms with Gasteiger partial charge in [0, 0.05) is 43.4 Å². The van der Waals surface area contributed by atoms with Gasteiger partial charge in [-0.25, -0.2) is 4.99 Å². The summed E-state index contributed by atoms with van der Waals surface area (Å²) in [6.07, 6.45) is 0. The number of rotatable bonds is 5. The summed E-state index contributed by atoms with van der Waals surface area (Å²) in [5.74, 6) is 0.899. The van der Waals surface area contributed by atoms with Crippen molar-refractivity contribution < 1.29 is 19.0 Å². The average Bonchev–Trinajstić information content (AvgIpc) is 2.96. The van der Waals surface area contributed by atoms with Crippen molar-refractivity contribution in [1.29, 1.82) is 0 Å². The average molecular weight is 516 g/mol. The fraction of sp³-hybridized carbons (Fsp3) is 0.448. The van der Waals surface area contributed by atoms with Gasteiger partial charge in [0.25, 0.3) is 0 Å². The van der Waals surface area contributed by atoms with E-state index in [0.717, 1.165) is 40.8 Å². The SMILES string of the molecule is CCOC(=O)C1C(C)=Nc2nc(N3CCOCC3)nc(N3CCOCC3)c2C1c1cccc2ccccc12. The van der Waals surface area contributed by atoms with Crippen LogP contribution in [0.1, 0.15) is 30.9 Å². The number of hydrogen-bond donors (Lipinski definition) is 0. The lowest BCUT2D eigenvalue weighted by atomic mass is 9.75. The summed E-state index contributed by atoms with van der Waals surface area (Å²) < 4.78 is 16.9. The fourth-order valence-corrected chi connectivity index (χ4v) is 5.76. The van der Waals surface area contributed by atoms with Gasteiger partial charge >= 0.3 is 5.97 Å². The molecule has 198 valence electrons. The number of nitrogens with zero attached hydrogens (tertiary/aromatic N) is 5. The largest absolute Gasteiger partial charge is 0.465 e. The molecule has 0 bridgehead atoms. The third kappa shape index (κ3) is 4.50. The Bertz CT molecular complexity index is 1360. The van der Waals surface area contributed by atoms with Crippen LogP contribution < -0.4 is 9.80 Å². The Hall–Kier alpha value is -3.56. The van der Waals surface area contributed by atoms with E-state index in [4.69, 9.17) is 29.2 Å². The minimum atomic E-state index is -0.578. The molecule has 2 atom stereocenters. The lowest BCUT2D eigenvalue weighted by Crippen LogP contribution is -2.41. The van der Waals surface area contributed by atoms with Gasteiger partial charge in [-0.05, 0) is 30.2 Å². The van der Waals surface area contributed by atoms with Crippen molar-refractivity contribution >= 4 is 40.0 Å². The van der Waals surface area contributed by atoms with Crippen LogP contribution in [0.4, 0.5) is 17.6 Å². The Morgan fingerprint density at radius 1 is 0.947 bits per heavy atom. The number of carbonyl (C=O) groups excluding carboxylic acids is 1. The first-order valence-electron chi connectivity index (χ1n) is 13.4. The van der Waals surface area contributed by atoms with Crippen molar-refractivity contribution in [1.82, 2.24) is 9.97 Å². The van der Waals surface area contributed by atoms with Crippen molar-refractivity contribution in [3.05, 3.63) is 53.6 Å². The van der Waals surface area contributed by atoms with Crippen LogP contribution in [0.3, 0.4) is 0 Å². The third-order valence-electron chi connectivity index (χ3n) is 7.57. The molecule has 38 heavy (non-hydrogen) atoms. The van der Waals surface area contributed by atoms with Crippen molar-refractivity contribution in [2.45, 2.75) is 19.8 Å². The number of fused-ring (bicyclic) bond motifs is 2. The number of hydrogen-bond acceptors (Lipinski definition) is 9. The Morgan fingerprint density at radius 3 is 2.37 bits per heavy atom. The van der Waals surface area contributed by atoms with E-state index >= 15 is 0 Å². The molecule has 0 amide bonds. The van der Waals surface area contributed by atoms with Gasteiger partial charge < -0.3 is 24.0 Å². The second kappa shape index (κ2) is 10.7. The summed E-state index contributed by atoms with van der Waals surface area (Å²) in [5, 5.41) is 2.22. The van der Waals surface area contributed by atoms with E-state index in [1.54, 1.807) is 0 Å². The molecule has 0 saturated carbocycles. The van der Waals surface area contributed by atoms with Gasteiger partial charge in [-0.3, -0.25) is 4.79 Å². The van der Waals surface area contributed by atoms with Gasteiger partial charge in [0.05, 0.1) is 33.0 Å². The molecule has 3 aliphatic rings. The molecule has 1 aromatic heterocycles. The molecule has 2 aromatic carbocycles. The van der Waals surface area contributed by atoms with Gasteiger partial charge in [0.2, 0.25) is 5.95 Å². The summed E-state index contributed by atoms with van der Waals surface area (Å²) in [7, 11) is 0. The van der Waals surface area contributed by atoms with Crippen LogP contribution in [-0.4, -0.2) is 80.9 Å². The van der Waals surface area contributed by atoms with E-state index in [-0.39, 0.29) is 11.9 Å². The minimum Gasteiger partial charge on any atom is -0.465 e. The molecule has 0 radical (unpaired) electrons. The highest BCUT2D eigenvalue weighted by atomic mass is 16.5. The van der Waals surface area contributed by atoms with Gasteiger partial charge in [0.15, 0.2) is 5.82 Å². The number of morpholine rings is 2. The molecular formula is C29H33N5O4. The first kappa shape index (κ1) is 24.8. The van der Waals surface area contributed by atoms with E-state index in [1.165, 1.54) is 0 Å². The maximum absolute atomic E-state index is 13.5. The lowest BCUT2D eigenvalue weighted by Gasteiger charge is -2.37. The van der Waals surface area contributed by atoms with E-state index < -0.39 is 5.92 Å². The predicted octanol–water partition coefficient (Wildman–Crippen LogP) is 3.72. The van der Waals surface area contributed by atoms with E-state index in [0.29, 0.717) is 63.6 Å². The van der Waals surface area contributed by atoms with E-state index in [1.807, 2.05) is 26.0 Å². The number of ether oxygens (including phenoxy) is 3. The summed E-state index contributed by atoms with van der Waals surface area (Å²) >= 11 is 0. The Kier molecular flexibility index (Phi) is 6.95. The van der Waals surface area contributed by atoms with E-state index in [2.05, 4.69) is 40.1 Å². The minimum absolute atomic E-state index is 0.275. The predicted molar refractivity (Wildman–Crippen MR) is 147 cm³/mol. The Morgan fingerprint density at radius 2 is 1.63 bits per heavy atom. The van der Waals surface area contributed by atoms with Crippen molar-refractivity contribution in [2.75, 3.05) is 69.0 Å². The van der Waals surface area contributed by atoms with Crippen LogP contribution in [0.2, 0.25) is 0 Å². The molecule has 0 aliphatic carbocycles. The van der Waals surface area contributed by atoms with Crippen LogP contribution in [-0.2, 0) is 19.0 Å². The fourth-order valence-electron chi connectivity index (χ4n) is 5.76. The van der Waals surface area contributed by atoms with Crippen molar-refractivity contribution in [3.63, 3.8) is 0 Å². The number of benzene rings is 2. The third-order valence-corrected chi connectivity index (χ3v) is 7.57. The highest BCUT2D eigenvalue weighted by Gasteiger charge is 2.43. The quantitative estimate of drug-likeness (QED) is 0.475. The van der Waals surface area contributed by atoms with Gasteiger partial charge in [-0.1, -0.05) is 42.5 Å². The van der Waals surface area contributed by atoms with Crippen LogP contribution >= 0.6 is 0 Å². The second-order valence-electron chi connectivity index (χ2n) is 9.81. The molecule has 4 heterocycles. The zero-order valence-electron chi connectivity index (χ0n) is 21.9. The Balaban J connectivity index is 1.60. The maximum atomic E-state index is 13.5. The summed E-state index contributed by atoms with van der Waals surface area (Å²) in [6.45, 7) is 9.44. The highest BCUT2D eigenvalue weighted by Crippen LogP contribution is 2.48. The molecule has 6 rings (SSSR count). The normalized spacial score (nSPS) is 21.7. The molecule has 2 saturated heterocycles. The molecule has 9 heteroatoms. The zero-order valence-corrected chi connectivity index (χ0v) is 21.9. The zero-order chi connectivity index (χ0) is 26.1. The standard InChI is InChI=1S/C29H33N5O4/c1-3-38-28(35)23-19(2)30-26-25(24(23)22-10-6-8-20-7-4-5-9-21(20)22)27(33-11-15-36-16-12-33)32-29(31-26)34-13-17-37-18-14-34/h4-10,23-24H,3,11-18H2,1-2H3.